The van der Waals surface area contributed by atoms with Crippen molar-refractivity contribution in [3.8, 4) is 5.88 Å². The molecule has 0 aliphatic carbocycles. The summed E-state index contributed by atoms with van der Waals surface area (Å²) in [6.45, 7) is 2.11. The van der Waals surface area contributed by atoms with E-state index in [1.165, 1.54) is 13.2 Å². The molecule has 0 saturated carbocycles. The lowest BCUT2D eigenvalue weighted by Crippen LogP contribution is -2.27. The molecule has 3 aromatic rings. The van der Waals surface area contributed by atoms with Crippen molar-refractivity contribution < 1.29 is 9.53 Å². The van der Waals surface area contributed by atoms with Gasteiger partial charge in [0.05, 0.1) is 18.2 Å². The van der Waals surface area contributed by atoms with E-state index in [0.717, 1.165) is 5.39 Å². The summed E-state index contributed by atoms with van der Waals surface area (Å²) in [7, 11) is 1.51. The summed E-state index contributed by atoms with van der Waals surface area (Å²) < 4.78 is 5.17. The molecule has 0 saturated heterocycles. The van der Waals surface area contributed by atoms with Crippen LogP contribution in [-0.2, 0) is 6.42 Å². The average molecular weight is 338 g/mol. The fraction of sp³-hybridized carbons (Fsp3) is 0.222. The maximum absolute atomic E-state index is 12.6. The number of benzene rings is 1. The zero-order valence-electron chi connectivity index (χ0n) is 14.0. The van der Waals surface area contributed by atoms with Crippen LogP contribution in [0, 0.1) is 6.92 Å². The van der Waals surface area contributed by atoms with Gasteiger partial charge in [-0.2, -0.15) is 0 Å². The lowest BCUT2D eigenvalue weighted by atomic mass is 10.1. The number of aromatic amines is 1. The van der Waals surface area contributed by atoms with Crippen LogP contribution in [-0.4, -0.2) is 34.5 Å². The van der Waals surface area contributed by atoms with Crippen molar-refractivity contribution in [3.05, 3.63) is 63.8 Å². The maximum atomic E-state index is 12.6. The fourth-order valence-electron chi connectivity index (χ4n) is 2.59. The van der Waals surface area contributed by atoms with E-state index < -0.39 is 0 Å². The van der Waals surface area contributed by atoms with Crippen LogP contribution >= 0.6 is 0 Å². The Morgan fingerprint density at radius 3 is 2.80 bits per heavy atom. The van der Waals surface area contributed by atoms with E-state index in [-0.39, 0.29) is 11.5 Å². The highest BCUT2D eigenvalue weighted by molar-refractivity contribution is 6.06. The topological polar surface area (TPSA) is 97.0 Å². The van der Waals surface area contributed by atoms with E-state index in [1.54, 1.807) is 13.0 Å². The van der Waals surface area contributed by atoms with Gasteiger partial charge in [0.1, 0.15) is 5.82 Å². The number of carbonyl (C=O) groups excluding carboxylic acids is 1. The number of hydrogen-bond acceptors (Lipinski definition) is 5. The molecule has 3 rings (SSSR count). The molecule has 7 heteroatoms. The van der Waals surface area contributed by atoms with E-state index in [9.17, 15) is 9.59 Å². The average Bonchev–Trinajstić information content (AvgIpc) is 2.59. The molecule has 0 unspecified atom stereocenters. The summed E-state index contributed by atoms with van der Waals surface area (Å²) in [4.78, 5) is 35.2. The van der Waals surface area contributed by atoms with Crippen molar-refractivity contribution in [2.24, 2.45) is 0 Å². The van der Waals surface area contributed by atoms with Gasteiger partial charge in [0.15, 0.2) is 0 Å². The Balaban J connectivity index is 1.77. The van der Waals surface area contributed by atoms with E-state index in [4.69, 9.17) is 4.74 Å². The normalized spacial score (nSPS) is 10.6. The van der Waals surface area contributed by atoms with E-state index in [0.29, 0.717) is 41.4 Å². The zero-order valence-corrected chi connectivity index (χ0v) is 14.0. The minimum absolute atomic E-state index is 0.196. The number of aromatic nitrogens is 3. The highest BCUT2D eigenvalue weighted by Gasteiger charge is 2.13. The monoisotopic (exact) mass is 338 g/mol. The Hall–Kier alpha value is -3.22. The Morgan fingerprint density at radius 1 is 1.24 bits per heavy atom. The van der Waals surface area contributed by atoms with E-state index in [1.807, 2.05) is 24.3 Å². The molecule has 2 heterocycles. The van der Waals surface area contributed by atoms with Crippen molar-refractivity contribution >= 4 is 16.8 Å². The Kier molecular flexibility index (Phi) is 4.74. The summed E-state index contributed by atoms with van der Waals surface area (Å²) in [5, 5.41) is 3.60. The van der Waals surface area contributed by atoms with Gasteiger partial charge in [0.2, 0.25) is 5.88 Å². The first-order valence-corrected chi connectivity index (χ1v) is 7.85. The molecule has 0 aliphatic rings. The van der Waals surface area contributed by atoms with E-state index in [2.05, 4.69) is 20.3 Å². The predicted octanol–water partition coefficient (Wildman–Crippen LogP) is 1.61. The third kappa shape index (κ3) is 3.82. The molecule has 2 aromatic heterocycles. The molecule has 0 aliphatic heterocycles. The first kappa shape index (κ1) is 16.6. The van der Waals surface area contributed by atoms with Gasteiger partial charge >= 0.3 is 0 Å². The molecule has 1 aromatic carbocycles. The lowest BCUT2D eigenvalue weighted by Gasteiger charge is -2.09. The minimum Gasteiger partial charge on any atom is -0.481 e. The molecule has 128 valence electrons. The summed E-state index contributed by atoms with van der Waals surface area (Å²) in [6.07, 6.45) is 0.433. The molecule has 2 N–H and O–H groups in total. The van der Waals surface area contributed by atoms with Crippen LogP contribution in [0.5, 0.6) is 5.88 Å². The van der Waals surface area contributed by atoms with Crippen LogP contribution in [0.25, 0.3) is 10.9 Å². The summed E-state index contributed by atoms with van der Waals surface area (Å²) in [5.74, 6) is 0.697. The van der Waals surface area contributed by atoms with Crippen LogP contribution in [0.2, 0.25) is 0 Å². The highest BCUT2D eigenvalue weighted by Crippen LogP contribution is 2.21. The standard InChI is InChI=1S/C18H18N4O3/c1-11-9-16(23)22-15(20-11)7-8-19-18(24)13-10-17(25-2)21-14-6-4-3-5-12(13)14/h3-6,9-10H,7-8H2,1-2H3,(H,19,24)(H,20,22,23). The smallest absolute Gasteiger partial charge is 0.252 e. The molecule has 0 fully saturated rings. The van der Waals surface area contributed by atoms with Crippen molar-refractivity contribution in [1.29, 1.82) is 0 Å². The van der Waals surface area contributed by atoms with Gasteiger partial charge in [-0.3, -0.25) is 9.59 Å². The summed E-state index contributed by atoms with van der Waals surface area (Å²) in [5.41, 5.74) is 1.64. The number of rotatable bonds is 5. The van der Waals surface area contributed by atoms with Crippen molar-refractivity contribution in [2.45, 2.75) is 13.3 Å². The SMILES string of the molecule is COc1cc(C(=O)NCCc2nc(C)cc(=O)[nH]2)c2ccccc2n1. The number of H-pyrrole nitrogens is 1. The van der Waals surface area contributed by atoms with Crippen LogP contribution in [0.3, 0.4) is 0 Å². The van der Waals surface area contributed by atoms with Gasteiger partial charge in [0.25, 0.3) is 11.5 Å². The highest BCUT2D eigenvalue weighted by atomic mass is 16.5. The second-order valence-electron chi connectivity index (χ2n) is 5.57. The number of para-hydroxylation sites is 1. The molecule has 0 radical (unpaired) electrons. The first-order valence-electron chi connectivity index (χ1n) is 7.85. The van der Waals surface area contributed by atoms with Gasteiger partial charge in [-0.1, -0.05) is 18.2 Å². The number of amides is 1. The number of methoxy groups -OCH3 is 1. The summed E-state index contributed by atoms with van der Waals surface area (Å²) >= 11 is 0. The quantitative estimate of drug-likeness (QED) is 0.737. The van der Waals surface area contributed by atoms with Crippen LogP contribution in [0.15, 0.2) is 41.2 Å². The molecular weight excluding hydrogens is 320 g/mol. The second kappa shape index (κ2) is 7.12. The lowest BCUT2D eigenvalue weighted by molar-refractivity contribution is 0.0955. The maximum Gasteiger partial charge on any atom is 0.252 e. The number of pyridine rings is 1. The number of fused-ring (bicyclic) bond motifs is 1. The summed E-state index contributed by atoms with van der Waals surface area (Å²) in [6, 6.07) is 10.4. The van der Waals surface area contributed by atoms with Crippen molar-refractivity contribution in [2.75, 3.05) is 13.7 Å². The Labute approximate surface area is 144 Å². The van der Waals surface area contributed by atoms with E-state index >= 15 is 0 Å². The van der Waals surface area contributed by atoms with Gasteiger partial charge < -0.3 is 15.0 Å². The molecule has 25 heavy (non-hydrogen) atoms. The fourth-order valence-corrected chi connectivity index (χ4v) is 2.59. The number of aryl methyl sites for hydroxylation is 1. The van der Waals surface area contributed by atoms with Crippen molar-refractivity contribution in [3.63, 3.8) is 0 Å². The predicted molar refractivity (Wildman–Crippen MR) is 93.9 cm³/mol. The minimum atomic E-state index is -0.230. The molecule has 7 nitrogen and oxygen atoms in total. The molecule has 1 amide bonds. The molecule has 0 bridgehead atoms. The van der Waals surface area contributed by atoms with Gasteiger partial charge in [-0.05, 0) is 13.0 Å². The largest absolute Gasteiger partial charge is 0.481 e. The van der Waals surface area contributed by atoms with Gasteiger partial charge in [0, 0.05) is 36.2 Å². The number of carbonyl (C=O) groups is 1. The number of nitrogens with zero attached hydrogens (tertiary/aromatic N) is 2. The number of ether oxygens (including phenoxy) is 1. The van der Waals surface area contributed by atoms with Crippen LogP contribution in [0.1, 0.15) is 21.9 Å². The third-order valence-electron chi connectivity index (χ3n) is 3.71. The van der Waals surface area contributed by atoms with Crippen LogP contribution < -0.4 is 15.6 Å². The molecule has 0 spiro atoms. The second-order valence-corrected chi connectivity index (χ2v) is 5.57. The Morgan fingerprint density at radius 2 is 2.04 bits per heavy atom. The van der Waals surface area contributed by atoms with Gasteiger partial charge in [-0.15, -0.1) is 0 Å². The van der Waals surface area contributed by atoms with Gasteiger partial charge in [-0.25, -0.2) is 9.97 Å². The zero-order chi connectivity index (χ0) is 17.8. The first-order chi connectivity index (χ1) is 12.1. The number of hydrogen-bond donors (Lipinski definition) is 2. The third-order valence-corrected chi connectivity index (χ3v) is 3.71. The van der Waals surface area contributed by atoms with Crippen LogP contribution in [0.4, 0.5) is 0 Å². The van der Waals surface area contributed by atoms with Crippen molar-refractivity contribution in [1.82, 2.24) is 20.3 Å². The molecular formula is C18H18N4O3. The number of nitrogens with one attached hydrogen (secondary N) is 2. The Bertz CT molecular complexity index is 981. The molecule has 0 atom stereocenters.